The van der Waals surface area contributed by atoms with Gasteiger partial charge in [0.15, 0.2) is 4.80 Å². The van der Waals surface area contributed by atoms with Crippen molar-refractivity contribution < 1.29 is 19.2 Å². The summed E-state index contributed by atoms with van der Waals surface area (Å²) in [4.78, 5) is 42.5. The largest absolute Gasteiger partial charge is 0.489 e. The maximum Gasteiger partial charge on any atom is 0.338 e. The summed E-state index contributed by atoms with van der Waals surface area (Å²) in [6.07, 6.45) is 1.80. The van der Waals surface area contributed by atoms with Crippen LogP contribution in [0.25, 0.3) is 6.08 Å². The Labute approximate surface area is 252 Å². The van der Waals surface area contributed by atoms with Gasteiger partial charge in [-0.05, 0) is 72.4 Å². The molecule has 0 amide bonds. The molecule has 1 aliphatic heterocycles. The predicted octanol–water partition coefficient (Wildman–Crippen LogP) is 5.41. The van der Waals surface area contributed by atoms with E-state index in [9.17, 15) is 19.7 Å². The van der Waals surface area contributed by atoms with Crippen molar-refractivity contribution in [2.24, 2.45) is 4.99 Å². The predicted molar refractivity (Wildman–Crippen MR) is 165 cm³/mol. The standard InChI is InChI=1S/C33H31N3O6S/c1-5-41-32(38)29-21(4)34-33-35(30(29)25-12-10-24(11-13-25)20(2)3)31(37)28(43-33)18-22-8-16-27(17-9-22)42-19-23-6-14-26(15-7-23)36(39)40/h6-18,20,30H,5,19H2,1-4H3/b28-18-. The summed E-state index contributed by atoms with van der Waals surface area (Å²) in [7, 11) is 0. The molecule has 0 N–H and O–H groups in total. The average Bonchev–Trinajstić information content (AvgIpc) is 3.30. The van der Waals surface area contributed by atoms with E-state index >= 15 is 0 Å². The normalized spacial score (nSPS) is 14.8. The topological polar surface area (TPSA) is 113 Å². The number of carbonyl (C=O) groups excluding carboxylic acids is 1. The maximum absolute atomic E-state index is 13.8. The van der Waals surface area contributed by atoms with Gasteiger partial charge in [0.1, 0.15) is 12.4 Å². The number of allylic oxidation sites excluding steroid dienone is 1. The van der Waals surface area contributed by atoms with Crippen LogP contribution in [0.4, 0.5) is 5.69 Å². The van der Waals surface area contributed by atoms with Crippen molar-refractivity contribution in [3.05, 3.63) is 136 Å². The third-order valence-electron chi connectivity index (χ3n) is 7.17. The minimum Gasteiger partial charge on any atom is -0.489 e. The number of nitrogens with zero attached hydrogens (tertiary/aromatic N) is 3. The summed E-state index contributed by atoms with van der Waals surface area (Å²) in [5.74, 6) is 0.480. The van der Waals surface area contributed by atoms with Gasteiger partial charge in [-0.1, -0.05) is 61.6 Å². The number of fused-ring (bicyclic) bond motifs is 1. The lowest BCUT2D eigenvalue weighted by atomic mass is 9.93. The van der Waals surface area contributed by atoms with E-state index in [0.717, 1.165) is 22.3 Å². The Hall–Kier alpha value is -4.83. The van der Waals surface area contributed by atoms with Gasteiger partial charge in [-0.2, -0.15) is 0 Å². The molecule has 1 unspecified atom stereocenters. The van der Waals surface area contributed by atoms with Gasteiger partial charge >= 0.3 is 5.97 Å². The van der Waals surface area contributed by atoms with Crippen molar-refractivity contribution in [1.29, 1.82) is 0 Å². The molecule has 5 rings (SSSR count). The second kappa shape index (κ2) is 12.6. The van der Waals surface area contributed by atoms with E-state index in [-0.39, 0.29) is 24.5 Å². The fourth-order valence-electron chi connectivity index (χ4n) is 4.86. The molecule has 0 saturated heterocycles. The first-order valence-electron chi connectivity index (χ1n) is 13.9. The lowest BCUT2D eigenvalue weighted by Gasteiger charge is -2.25. The number of hydrogen-bond donors (Lipinski definition) is 0. The zero-order valence-corrected chi connectivity index (χ0v) is 25.1. The Balaban J connectivity index is 1.45. The first-order chi connectivity index (χ1) is 20.7. The lowest BCUT2D eigenvalue weighted by Crippen LogP contribution is -2.39. The number of esters is 1. The molecule has 1 atom stereocenters. The van der Waals surface area contributed by atoms with Crippen molar-refractivity contribution in [2.75, 3.05) is 6.61 Å². The molecule has 0 bridgehead atoms. The molecule has 9 nitrogen and oxygen atoms in total. The molecule has 0 saturated carbocycles. The Morgan fingerprint density at radius 3 is 2.35 bits per heavy atom. The Bertz CT molecular complexity index is 1870. The minimum absolute atomic E-state index is 0.0287. The number of nitro benzene ring substituents is 1. The highest BCUT2D eigenvalue weighted by atomic mass is 32.1. The summed E-state index contributed by atoms with van der Waals surface area (Å²) in [5.41, 5.74) is 4.24. The van der Waals surface area contributed by atoms with Crippen molar-refractivity contribution in [2.45, 2.75) is 46.3 Å². The van der Waals surface area contributed by atoms with Crippen LogP contribution in [0.15, 0.2) is 93.9 Å². The van der Waals surface area contributed by atoms with Gasteiger partial charge in [0.05, 0.1) is 33.4 Å². The molecule has 0 radical (unpaired) electrons. The van der Waals surface area contributed by atoms with Crippen LogP contribution in [0.5, 0.6) is 5.75 Å². The van der Waals surface area contributed by atoms with Crippen molar-refractivity contribution in [3.8, 4) is 5.75 Å². The molecule has 10 heteroatoms. The molecule has 1 aromatic heterocycles. The fraction of sp³-hybridized carbons (Fsp3) is 0.242. The van der Waals surface area contributed by atoms with Crippen molar-refractivity contribution >= 4 is 29.1 Å². The van der Waals surface area contributed by atoms with Gasteiger partial charge in [-0.3, -0.25) is 19.5 Å². The number of hydrogen-bond acceptors (Lipinski definition) is 8. The zero-order valence-electron chi connectivity index (χ0n) is 24.3. The van der Waals surface area contributed by atoms with E-state index < -0.39 is 16.9 Å². The second-order valence-electron chi connectivity index (χ2n) is 10.4. The molecule has 0 fully saturated rings. The maximum atomic E-state index is 13.8. The highest BCUT2D eigenvalue weighted by Gasteiger charge is 2.33. The molecule has 220 valence electrons. The molecular weight excluding hydrogens is 566 g/mol. The monoisotopic (exact) mass is 597 g/mol. The summed E-state index contributed by atoms with van der Waals surface area (Å²) < 4.78 is 13.3. The summed E-state index contributed by atoms with van der Waals surface area (Å²) in [6.45, 7) is 8.23. The fourth-order valence-corrected chi connectivity index (χ4v) is 5.91. The zero-order chi connectivity index (χ0) is 30.7. The minimum atomic E-state index is -0.658. The van der Waals surface area contributed by atoms with E-state index in [2.05, 4.69) is 18.8 Å². The second-order valence-corrected chi connectivity index (χ2v) is 11.4. The van der Waals surface area contributed by atoms with Crippen LogP contribution in [-0.4, -0.2) is 22.1 Å². The number of carbonyl (C=O) groups is 1. The van der Waals surface area contributed by atoms with Gasteiger partial charge in [-0.25, -0.2) is 9.79 Å². The number of aromatic nitrogens is 1. The van der Waals surface area contributed by atoms with Crippen LogP contribution in [0.1, 0.15) is 61.9 Å². The van der Waals surface area contributed by atoms with Gasteiger partial charge in [0.25, 0.3) is 11.2 Å². The average molecular weight is 598 g/mol. The summed E-state index contributed by atoms with van der Waals surface area (Å²) >= 11 is 1.27. The number of ether oxygens (including phenoxy) is 2. The number of rotatable bonds is 9. The number of benzene rings is 3. The third-order valence-corrected chi connectivity index (χ3v) is 8.15. The molecule has 0 aliphatic carbocycles. The summed E-state index contributed by atoms with van der Waals surface area (Å²) in [5, 5.41) is 10.9. The van der Waals surface area contributed by atoms with E-state index in [4.69, 9.17) is 9.47 Å². The van der Waals surface area contributed by atoms with Crippen LogP contribution in [0.2, 0.25) is 0 Å². The van der Waals surface area contributed by atoms with Gasteiger partial charge < -0.3 is 9.47 Å². The van der Waals surface area contributed by atoms with Crippen LogP contribution in [0.3, 0.4) is 0 Å². The quantitative estimate of drug-likeness (QED) is 0.145. The van der Waals surface area contributed by atoms with Gasteiger partial charge in [0, 0.05) is 12.1 Å². The number of thiazole rings is 1. The van der Waals surface area contributed by atoms with Gasteiger partial charge in [-0.15, -0.1) is 0 Å². The van der Waals surface area contributed by atoms with Crippen LogP contribution < -0.4 is 19.6 Å². The molecule has 3 aromatic carbocycles. The van der Waals surface area contributed by atoms with Crippen LogP contribution >= 0.6 is 11.3 Å². The molecule has 4 aromatic rings. The van der Waals surface area contributed by atoms with Crippen LogP contribution in [-0.2, 0) is 16.1 Å². The number of non-ortho nitro benzene ring substituents is 1. The van der Waals surface area contributed by atoms with Gasteiger partial charge in [0.2, 0.25) is 0 Å². The molecule has 43 heavy (non-hydrogen) atoms. The first-order valence-corrected chi connectivity index (χ1v) is 14.7. The molecule has 0 spiro atoms. The van der Waals surface area contributed by atoms with Crippen molar-refractivity contribution in [1.82, 2.24) is 4.57 Å². The van der Waals surface area contributed by atoms with E-state index in [1.54, 1.807) is 48.8 Å². The third kappa shape index (κ3) is 6.34. The highest BCUT2D eigenvalue weighted by molar-refractivity contribution is 7.07. The van der Waals surface area contributed by atoms with Crippen LogP contribution in [0, 0.1) is 10.1 Å². The lowest BCUT2D eigenvalue weighted by molar-refractivity contribution is -0.384. The van der Waals surface area contributed by atoms with Crippen molar-refractivity contribution in [3.63, 3.8) is 0 Å². The number of nitro groups is 1. The summed E-state index contributed by atoms with van der Waals surface area (Å²) in [6, 6.07) is 20.8. The Morgan fingerprint density at radius 1 is 1.07 bits per heavy atom. The Kier molecular flexibility index (Phi) is 8.68. The Morgan fingerprint density at radius 2 is 1.74 bits per heavy atom. The molecule has 2 heterocycles. The smallest absolute Gasteiger partial charge is 0.338 e. The molecular formula is C33H31N3O6S. The highest BCUT2D eigenvalue weighted by Crippen LogP contribution is 2.31. The van der Waals surface area contributed by atoms with E-state index in [1.165, 1.54) is 23.5 Å². The van der Waals surface area contributed by atoms with E-state index in [1.807, 2.05) is 36.4 Å². The molecule has 1 aliphatic rings. The SMILES string of the molecule is CCOC(=O)C1=C(C)N=c2s/c(=C\c3ccc(OCc4ccc([N+](=O)[O-])cc4)cc3)c(=O)n2C1c1ccc(C(C)C)cc1. The van der Waals surface area contributed by atoms with E-state index in [0.29, 0.717) is 32.3 Å². The first kappa shape index (κ1) is 29.7.